The molecule has 150 valence electrons. The molecule has 0 aliphatic carbocycles. The highest BCUT2D eigenvalue weighted by Gasteiger charge is 2.17. The molecular formula is C19H16IN3O6. The molecule has 2 aromatic carbocycles. The van der Waals surface area contributed by atoms with Gasteiger partial charge in [0.1, 0.15) is 17.4 Å². The first-order valence-corrected chi connectivity index (χ1v) is 9.09. The number of rotatable bonds is 7. The summed E-state index contributed by atoms with van der Waals surface area (Å²) in [4.78, 5) is 22.8. The lowest BCUT2D eigenvalue weighted by Crippen LogP contribution is -2.14. The van der Waals surface area contributed by atoms with Gasteiger partial charge in [0.05, 0.1) is 41.6 Å². The maximum atomic E-state index is 12.5. The SMILES string of the molecule is COc1cc([N+](=O)[O-])ccc1NC(=O)/C(C#N)=C/c1cc(I)c(OC)c(OC)c1. The van der Waals surface area contributed by atoms with Gasteiger partial charge in [-0.05, 0) is 52.4 Å². The first-order valence-electron chi connectivity index (χ1n) is 8.01. The van der Waals surface area contributed by atoms with Crippen LogP contribution in [0.1, 0.15) is 5.56 Å². The van der Waals surface area contributed by atoms with Crippen molar-refractivity contribution in [2.24, 2.45) is 0 Å². The van der Waals surface area contributed by atoms with E-state index in [1.807, 2.05) is 6.07 Å². The van der Waals surface area contributed by atoms with Gasteiger partial charge >= 0.3 is 0 Å². The van der Waals surface area contributed by atoms with Crippen LogP contribution in [0.3, 0.4) is 0 Å². The van der Waals surface area contributed by atoms with Crippen LogP contribution in [0.2, 0.25) is 0 Å². The number of carbonyl (C=O) groups is 1. The van der Waals surface area contributed by atoms with Crippen molar-refractivity contribution in [2.45, 2.75) is 0 Å². The van der Waals surface area contributed by atoms with Crippen LogP contribution in [0.15, 0.2) is 35.9 Å². The Labute approximate surface area is 180 Å². The topological polar surface area (TPSA) is 124 Å². The lowest BCUT2D eigenvalue weighted by Gasteiger charge is -2.11. The number of ether oxygens (including phenoxy) is 3. The van der Waals surface area contributed by atoms with Crippen LogP contribution in [0.4, 0.5) is 11.4 Å². The number of anilines is 1. The van der Waals surface area contributed by atoms with E-state index in [-0.39, 0.29) is 22.7 Å². The van der Waals surface area contributed by atoms with Gasteiger partial charge in [0.25, 0.3) is 11.6 Å². The molecule has 1 N–H and O–H groups in total. The first-order chi connectivity index (χ1) is 13.8. The second kappa shape index (κ2) is 9.74. The second-order valence-corrected chi connectivity index (χ2v) is 6.67. The van der Waals surface area contributed by atoms with Gasteiger partial charge in [0.15, 0.2) is 11.5 Å². The van der Waals surface area contributed by atoms with E-state index in [1.165, 1.54) is 45.6 Å². The van der Waals surface area contributed by atoms with E-state index < -0.39 is 10.8 Å². The maximum Gasteiger partial charge on any atom is 0.273 e. The number of carbonyl (C=O) groups excluding carboxylic acids is 1. The zero-order chi connectivity index (χ0) is 21.6. The monoisotopic (exact) mass is 509 g/mol. The van der Waals surface area contributed by atoms with Crippen molar-refractivity contribution >= 4 is 45.9 Å². The Balaban J connectivity index is 2.36. The molecule has 0 atom stereocenters. The van der Waals surface area contributed by atoms with Crippen molar-refractivity contribution in [1.82, 2.24) is 0 Å². The Bertz CT molecular complexity index is 1030. The summed E-state index contributed by atoms with van der Waals surface area (Å²) in [6, 6.07) is 8.97. The molecule has 0 radical (unpaired) electrons. The van der Waals surface area contributed by atoms with E-state index >= 15 is 0 Å². The van der Waals surface area contributed by atoms with E-state index in [0.29, 0.717) is 17.1 Å². The molecule has 10 heteroatoms. The zero-order valence-corrected chi connectivity index (χ0v) is 17.8. The molecule has 0 unspecified atom stereocenters. The highest BCUT2D eigenvalue weighted by molar-refractivity contribution is 14.1. The fraction of sp³-hybridized carbons (Fsp3) is 0.158. The van der Waals surface area contributed by atoms with E-state index in [0.717, 1.165) is 3.57 Å². The number of halogens is 1. The number of hydrogen-bond acceptors (Lipinski definition) is 7. The zero-order valence-electron chi connectivity index (χ0n) is 15.7. The van der Waals surface area contributed by atoms with Crippen LogP contribution in [0.5, 0.6) is 17.2 Å². The number of nitrogens with one attached hydrogen (secondary N) is 1. The Morgan fingerprint density at radius 1 is 1.17 bits per heavy atom. The van der Waals surface area contributed by atoms with Crippen molar-refractivity contribution in [1.29, 1.82) is 5.26 Å². The Kier molecular flexibility index (Phi) is 7.38. The molecule has 0 aliphatic rings. The smallest absolute Gasteiger partial charge is 0.273 e. The minimum Gasteiger partial charge on any atom is -0.494 e. The Hall–Kier alpha value is -3.33. The molecule has 0 spiro atoms. The van der Waals surface area contributed by atoms with Gasteiger partial charge in [-0.2, -0.15) is 5.26 Å². The molecule has 0 heterocycles. The highest BCUT2D eigenvalue weighted by Crippen LogP contribution is 2.34. The first kappa shape index (κ1) is 22.0. The number of nitro groups is 1. The third kappa shape index (κ3) is 5.14. The van der Waals surface area contributed by atoms with Gasteiger partial charge in [-0.3, -0.25) is 14.9 Å². The third-order valence-corrected chi connectivity index (χ3v) is 4.58. The van der Waals surface area contributed by atoms with Crippen LogP contribution in [0.25, 0.3) is 6.08 Å². The largest absolute Gasteiger partial charge is 0.494 e. The second-order valence-electron chi connectivity index (χ2n) is 5.50. The molecular weight excluding hydrogens is 493 g/mol. The highest BCUT2D eigenvalue weighted by atomic mass is 127. The van der Waals surface area contributed by atoms with Gasteiger partial charge in [-0.25, -0.2) is 0 Å². The number of non-ortho nitro benzene ring substituents is 1. The third-order valence-electron chi connectivity index (χ3n) is 3.78. The summed E-state index contributed by atoms with van der Waals surface area (Å²) in [6.45, 7) is 0. The van der Waals surface area contributed by atoms with Crippen LogP contribution in [-0.2, 0) is 4.79 Å². The normalized spacial score (nSPS) is 10.7. The summed E-state index contributed by atoms with van der Waals surface area (Å²) in [5, 5.41) is 22.8. The van der Waals surface area contributed by atoms with Crippen LogP contribution in [-0.4, -0.2) is 32.2 Å². The van der Waals surface area contributed by atoms with Gasteiger partial charge in [0, 0.05) is 6.07 Å². The Morgan fingerprint density at radius 3 is 2.41 bits per heavy atom. The number of hydrogen-bond donors (Lipinski definition) is 1. The number of nitrogens with zero attached hydrogens (tertiary/aromatic N) is 2. The molecule has 0 saturated heterocycles. The summed E-state index contributed by atoms with van der Waals surface area (Å²) in [5.74, 6) is 0.416. The quantitative estimate of drug-likeness (QED) is 0.198. The molecule has 0 bridgehead atoms. The van der Waals surface area contributed by atoms with Crippen LogP contribution < -0.4 is 19.5 Å². The molecule has 29 heavy (non-hydrogen) atoms. The molecule has 1 amide bonds. The number of benzene rings is 2. The van der Waals surface area contributed by atoms with Gasteiger partial charge in [-0.15, -0.1) is 0 Å². The van der Waals surface area contributed by atoms with Crippen molar-refractivity contribution in [2.75, 3.05) is 26.6 Å². The predicted molar refractivity (Wildman–Crippen MR) is 114 cm³/mol. The fourth-order valence-electron chi connectivity index (χ4n) is 2.42. The van der Waals surface area contributed by atoms with Gasteiger partial charge < -0.3 is 19.5 Å². The minimum absolute atomic E-state index is 0.102. The molecule has 9 nitrogen and oxygen atoms in total. The van der Waals surface area contributed by atoms with Crippen molar-refractivity contribution < 1.29 is 23.9 Å². The lowest BCUT2D eigenvalue weighted by molar-refractivity contribution is -0.384. The fourth-order valence-corrected chi connectivity index (χ4v) is 3.27. The standard InChI is InChI=1S/C19H16IN3O6/c1-27-16-9-13(23(25)26)4-5-15(16)22-19(24)12(10-21)6-11-7-14(20)18(29-3)17(8-11)28-2/h4-9H,1-3H3,(H,22,24)/b12-6+. The minimum atomic E-state index is -0.690. The number of nitro benzene ring substituents is 1. The van der Waals surface area contributed by atoms with E-state index in [9.17, 15) is 20.2 Å². The van der Waals surface area contributed by atoms with Crippen molar-refractivity contribution in [3.63, 3.8) is 0 Å². The molecule has 0 aromatic heterocycles. The van der Waals surface area contributed by atoms with Crippen LogP contribution in [0, 0.1) is 25.0 Å². The molecule has 0 fully saturated rings. The summed E-state index contributed by atoms with van der Waals surface area (Å²) < 4.78 is 16.4. The van der Waals surface area contributed by atoms with Gasteiger partial charge in [-0.1, -0.05) is 0 Å². The van der Waals surface area contributed by atoms with E-state index in [4.69, 9.17) is 14.2 Å². The Morgan fingerprint density at radius 2 is 1.86 bits per heavy atom. The average Bonchev–Trinajstić information content (AvgIpc) is 2.71. The number of amides is 1. The summed E-state index contributed by atoms with van der Waals surface area (Å²) in [7, 11) is 4.32. The molecule has 0 saturated carbocycles. The van der Waals surface area contributed by atoms with Crippen molar-refractivity contribution in [3.05, 3.63) is 55.2 Å². The molecule has 0 aliphatic heterocycles. The van der Waals surface area contributed by atoms with Crippen LogP contribution >= 0.6 is 22.6 Å². The van der Waals surface area contributed by atoms with Gasteiger partial charge in [0.2, 0.25) is 0 Å². The lowest BCUT2D eigenvalue weighted by atomic mass is 10.1. The summed E-state index contributed by atoms with van der Waals surface area (Å²) in [6.07, 6.45) is 1.40. The van der Waals surface area contributed by atoms with E-state index in [2.05, 4.69) is 27.9 Å². The maximum absolute atomic E-state index is 12.5. The predicted octanol–water partition coefficient (Wildman–Crippen LogP) is 3.77. The van der Waals surface area contributed by atoms with E-state index in [1.54, 1.807) is 12.1 Å². The summed E-state index contributed by atoms with van der Waals surface area (Å²) >= 11 is 2.06. The molecule has 2 rings (SSSR count). The van der Waals surface area contributed by atoms with Crippen molar-refractivity contribution in [3.8, 4) is 23.3 Å². The number of methoxy groups -OCH3 is 3. The summed E-state index contributed by atoms with van der Waals surface area (Å²) in [5.41, 5.74) is 0.407. The average molecular weight is 509 g/mol. The molecule has 2 aromatic rings. The number of nitriles is 1.